The van der Waals surface area contributed by atoms with E-state index in [-0.39, 0.29) is 11.3 Å². The van der Waals surface area contributed by atoms with Crippen molar-refractivity contribution in [2.45, 2.75) is 34.1 Å². The SMILES string of the molecule is CCC=NC(=O)C(C)(C)C. The molecule has 0 rings (SSSR count). The number of hydrogen-bond donors (Lipinski definition) is 0. The molecule has 0 saturated heterocycles. The van der Waals surface area contributed by atoms with Crippen LogP contribution in [-0.4, -0.2) is 12.1 Å². The topological polar surface area (TPSA) is 29.4 Å². The number of carbonyl (C=O) groups excluding carboxylic acids is 1. The average molecular weight is 141 g/mol. The van der Waals surface area contributed by atoms with E-state index >= 15 is 0 Å². The Morgan fingerprint density at radius 3 is 2.30 bits per heavy atom. The first-order chi connectivity index (χ1) is 4.48. The first kappa shape index (κ1) is 9.34. The lowest BCUT2D eigenvalue weighted by Gasteiger charge is -2.11. The second-order valence-electron chi connectivity index (χ2n) is 3.28. The van der Waals surface area contributed by atoms with Gasteiger partial charge in [-0.3, -0.25) is 4.79 Å². The Bertz CT molecular complexity index is 142. The second kappa shape index (κ2) is 3.49. The summed E-state index contributed by atoms with van der Waals surface area (Å²) in [5.74, 6) is -0.0469. The van der Waals surface area contributed by atoms with Gasteiger partial charge in [-0.25, -0.2) is 4.99 Å². The molecule has 0 spiro atoms. The summed E-state index contributed by atoms with van der Waals surface area (Å²) in [6.07, 6.45) is 2.47. The predicted molar refractivity (Wildman–Crippen MR) is 43.2 cm³/mol. The summed E-state index contributed by atoms with van der Waals surface area (Å²) >= 11 is 0. The lowest BCUT2D eigenvalue weighted by atomic mass is 9.96. The third kappa shape index (κ3) is 3.38. The molecule has 58 valence electrons. The minimum absolute atomic E-state index is 0.0469. The van der Waals surface area contributed by atoms with Gasteiger partial charge in [0.2, 0.25) is 0 Å². The zero-order chi connectivity index (χ0) is 8.20. The fourth-order valence-electron chi connectivity index (χ4n) is 0.368. The van der Waals surface area contributed by atoms with Gasteiger partial charge in [-0.1, -0.05) is 27.7 Å². The van der Waals surface area contributed by atoms with Gasteiger partial charge in [-0.15, -0.1) is 0 Å². The van der Waals surface area contributed by atoms with E-state index in [0.717, 1.165) is 6.42 Å². The molecule has 0 unspecified atom stereocenters. The molecule has 0 aliphatic heterocycles. The van der Waals surface area contributed by atoms with Crippen LogP contribution in [0.3, 0.4) is 0 Å². The molecule has 0 bridgehead atoms. The maximum absolute atomic E-state index is 11.0. The average Bonchev–Trinajstić information content (AvgIpc) is 1.80. The van der Waals surface area contributed by atoms with E-state index < -0.39 is 0 Å². The van der Waals surface area contributed by atoms with Gasteiger partial charge >= 0.3 is 0 Å². The van der Waals surface area contributed by atoms with Crippen molar-refractivity contribution in [3.63, 3.8) is 0 Å². The third-order valence-corrected chi connectivity index (χ3v) is 1.03. The Morgan fingerprint density at radius 1 is 1.50 bits per heavy atom. The van der Waals surface area contributed by atoms with Crippen LogP contribution in [-0.2, 0) is 4.79 Å². The zero-order valence-electron chi connectivity index (χ0n) is 7.14. The number of carbonyl (C=O) groups is 1. The number of aliphatic imine (C=N–C) groups is 1. The van der Waals surface area contributed by atoms with Crippen LogP contribution < -0.4 is 0 Å². The Balaban J connectivity index is 3.98. The first-order valence-corrected chi connectivity index (χ1v) is 3.55. The highest BCUT2D eigenvalue weighted by atomic mass is 16.1. The second-order valence-corrected chi connectivity index (χ2v) is 3.28. The Kier molecular flexibility index (Phi) is 3.26. The highest BCUT2D eigenvalue weighted by Gasteiger charge is 2.19. The molecule has 0 saturated carbocycles. The molecule has 0 aromatic carbocycles. The minimum atomic E-state index is -0.328. The van der Waals surface area contributed by atoms with Gasteiger partial charge in [0.25, 0.3) is 5.91 Å². The monoisotopic (exact) mass is 141 g/mol. The lowest BCUT2D eigenvalue weighted by Crippen LogP contribution is -2.17. The van der Waals surface area contributed by atoms with Crippen LogP contribution in [0.1, 0.15) is 34.1 Å². The molecule has 10 heavy (non-hydrogen) atoms. The molecule has 0 aromatic heterocycles. The molecule has 0 fully saturated rings. The fraction of sp³-hybridized carbons (Fsp3) is 0.750. The number of amides is 1. The van der Waals surface area contributed by atoms with E-state index in [4.69, 9.17) is 0 Å². The third-order valence-electron chi connectivity index (χ3n) is 1.03. The molecule has 1 amide bonds. The molecule has 0 atom stereocenters. The van der Waals surface area contributed by atoms with Crippen molar-refractivity contribution in [2.24, 2.45) is 10.4 Å². The van der Waals surface area contributed by atoms with Crippen molar-refractivity contribution in [3.05, 3.63) is 0 Å². The quantitative estimate of drug-likeness (QED) is 0.514. The minimum Gasteiger partial charge on any atom is -0.272 e. The van der Waals surface area contributed by atoms with Gasteiger partial charge in [-0.05, 0) is 6.42 Å². The van der Waals surface area contributed by atoms with Gasteiger partial charge < -0.3 is 0 Å². The summed E-state index contributed by atoms with van der Waals surface area (Å²) in [6.45, 7) is 7.55. The fourth-order valence-corrected chi connectivity index (χ4v) is 0.368. The predicted octanol–water partition coefficient (Wildman–Crippen LogP) is 2.04. The van der Waals surface area contributed by atoms with E-state index in [9.17, 15) is 4.79 Å². The summed E-state index contributed by atoms with van der Waals surface area (Å²) in [5.41, 5.74) is -0.328. The summed E-state index contributed by atoms with van der Waals surface area (Å²) in [4.78, 5) is 14.8. The van der Waals surface area contributed by atoms with E-state index in [1.54, 1.807) is 6.21 Å². The molecular formula is C8H15NO. The van der Waals surface area contributed by atoms with Gasteiger partial charge in [0.1, 0.15) is 0 Å². The van der Waals surface area contributed by atoms with Crippen LogP contribution in [0.2, 0.25) is 0 Å². The molecule has 0 aliphatic carbocycles. The number of rotatable bonds is 1. The van der Waals surface area contributed by atoms with Crippen LogP contribution in [0.5, 0.6) is 0 Å². The van der Waals surface area contributed by atoms with E-state index in [2.05, 4.69) is 4.99 Å². The molecule has 0 N–H and O–H groups in total. The Morgan fingerprint density at radius 2 is 2.00 bits per heavy atom. The lowest BCUT2D eigenvalue weighted by molar-refractivity contribution is -0.124. The van der Waals surface area contributed by atoms with Crippen LogP contribution in [0.4, 0.5) is 0 Å². The summed E-state index contributed by atoms with van der Waals surface area (Å²) < 4.78 is 0. The molecule has 0 radical (unpaired) electrons. The maximum Gasteiger partial charge on any atom is 0.250 e. The highest BCUT2D eigenvalue weighted by Crippen LogP contribution is 2.14. The van der Waals surface area contributed by atoms with Crippen molar-refractivity contribution in [2.75, 3.05) is 0 Å². The molecule has 0 aromatic rings. The molecular weight excluding hydrogens is 126 g/mol. The summed E-state index contributed by atoms with van der Waals surface area (Å²) in [5, 5.41) is 0. The zero-order valence-corrected chi connectivity index (χ0v) is 7.14. The van der Waals surface area contributed by atoms with Crippen LogP contribution in [0, 0.1) is 5.41 Å². The Hall–Kier alpha value is -0.660. The van der Waals surface area contributed by atoms with Crippen LogP contribution in [0.25, 0.3) is 0 Å². The standard InChI is InChI=1S/C8H15NO/c1-5-6-9-7(10)8(2,3)4/h6H,5H2,1-4H3. The van der Waals surface area contributed by atoms with E-state index in [1.165, 1.54) is 0 Å². The van der Waals surface area contributed by atoms with Crippen molar-refractivity contribution in [1.29, 1.82) is 0 Å². The number of nitrogens with zero attached hydrogens (tertiary/aromatic N) is 1. The summed E-state index contributed by atoms with van der Waals surface area (Å²) in [7, 11) is 0. The van der Waals surface area contributed by atoms with Crippen molar-refractivity contribution >= 4 is 12.1 Å². The van der Waals surface area contributed by atoms with E-state index in [1.807, 2.05) is 27.7 Å². The first-order valence-electron chi connectivity index (χ1n) is 3.55. The van der Waals surface area contributed by atoms with Crippen LogP contribution >= 0.6 is 0 Å². The van der Waals surface area contributed by atoms with Crippen molar-refractivity contribution in [1.82, 2.24) is 0 Å². The van der Waals surface area contributed by atoms with Gasteiger partial charge in [0, 0.05) is 11.6 Å². The van der Waals surface area contributed by atoms with Crippen molar-refractivity contribution in [3.8, 4) is 0 Å². The van der Waals surface area contributed by atoms with E-state index in [0.29, 0.717) is 0 Å². The van der Waals surface area contributed by atoms with Gasteiger partial charge in [0.05, 0.1) is 0 Å². The normalized spacial score (nSPS) is 12.4. The Labute approximate surface area is 62.4 Å². The smallest absolute Gasteiger partial charge is 0.250 e. The molecule has 0 heterocycles. The summed E-state index contributed by atoms with van der Waals surface area (Å²) in [6, 6.07) is 0. The molecule has 2 heteroatoms. The van der Waals surface area contributed by atoms with Crippen LogP contribution in [0.15, 0.2) is 4.99 Å². The molecule has 2 nitrogen and oxygen atoms in total. The highest BCUT2D eigenvalue weighted by molar-refractivity contribution is 5.88. The van der Waals surface area contributed by atoms with Crippen molar-refractivity contribution < 1.29 is 4.79 Å². The largest absolute Gasteiger partial charge is 0.272 e. The van der Waals surface area contributed by atoms with Gasteiger partial charge in [0.15, 0.2) is 0 Å². The number of hydrogen-bond acceptors (Lipinski definition) is 1. The molecule has 0 aliphatic rings. The maximum atomic E-state index is 11.0. The van der Waals surface area contributed by atoms with Gasteiger partial charge in [-0.2, -0.15) is 0 Å².